The maximum Gasteiger partial charge on any atom is 0.407 e. The van der Waals surface area contributed by atoms with E-state index >= 15 is 0 Å². The van der Waals surface area contributed by atoms with Gasteiger partial charge in [0.2, 0.25) is 10.0 Å². The molecule has 2 bridgehead atoms. The molecule has 2 aliphatic heterocycles. The molecule has 0 aliphatic carbocycles. The zero-order valence-electron chi connectivity index (χ0n) is 13.8. The second-order valence-corrected chi connectivity index (χ2v) is 8.69. The largest absolute Gasteiger partial charge is 0.465 e. The van der Waals surface area contributed by atoms with Crippen molar-refractivity contribution in [3.8, 4) is 0 Å². The fraction of sp³-hybridized carbons (Fsp3) is 0.562. The Bertz CT molecular complexity index is 771. The van der Waals surface area contributed by atoms with E-state index in [2.05, 4.69) is 0 Å². The molecule has 2 aliphatic rings. The number of nitrogens with two attached hydrogens (primary N) is 1. The lowest BCUT2D eigenvalue weighted by Gasteiger charge is -2.43. The summed E-state index contributed by atoms with van der Waals surface area (Å²) in [5, 5.41) is 9.45. The van der Waals surface area contributed by atoms with Crippen LogP contribution < -0.4 is 5.73 Å². The summed E-state index contributed by atoms with van der Waals surface area (Å²) in [6.45, 7) is 0.360. The highest BCUT2D eigenvalue weighted by Crippen LogP contribution is 2.29. The third kappa shape index (κ3) is 3.72. The number of aryl methyl sites for hydroxylation is 1. The minimum absolute atomic E-state index is 0.0478. The van der Waals surface area contributed by atoms with E-state index in [1.807, 2.05) is 0 Å². The fourth-order valence-corrected chi connectivity index (χ4v) is 5.51. The Balaban J connectivity index is 1.81. The predicted octanol–water partition coefficient (Wildman–Crippen LogP) is 1.50. The molecular weight excluding hydrogens is 349 g/mol. The Morgan fingerprint density at radius 3 is 2.80 bits per heavy atom. The van der Waals surface area contributed by atoms with Gasteiger partial charge in [-0.25, -0.2) is 17.6 Å². The van der Waals surface area contributed by atoms with Gasteiger partial charge in [-0.3, -0.25) is 0 Å². The number of sulfonamides is 1. The van der Waals surface area contributed by atoms with Crippen LogP contribution in [0, 0.1) is 5.82 Å². The summed E-state index contributed by atoms with van der Waals surface area (Å²) in [6.07, 6.45) is 0.895. The zero-order chi connectivity index (χ0) is 18.2. The molecule has 0 saturated carbocycles. The number of halogens is 1. The molecule has 1 aromatic rings. The third-order valence-corrected chi connectivity index (χ3v) is 7.01. The number of anilines is 1. The molecule has 0 radical (unpaired) electrons. The number of nitrogens with zero attached hydrogens (tertiary/aromatic N) is 2. The average Bonchev–Trinajstić information content (AvgIpc) is 2.65. The van der Waals surface area contributed by atoms with Gasteiger partial charge in [-0.2, -0.15) is 4.31 Å². The van der Waals surface area contributed by atoms with E-state index in [9.17, 15) is 22.7 Å². The molecule has 138 valence electrons. The van der Waals surface area contributed by atoms with E-state index in [1.165, 1.54) is 21.3 Å². The van der Waals surface area contributed by atoms with Crippen molar-refractivity contribution in [1.29, 1.82) is 0 Å². The van der Waals surface area contributed by atoms with Crippen molar-refractivity contribution in [3.05, 3.63) is 29.6 Å². The van der Waals surface area contributed by atoms with Gasteiger partial charge in [0.1, 0.15) is 5.82 Å². The second-order valence-electron chi connectivity index (χ2n) is 6.65. The SMILES string of the molecule is Nc1cc(F)ccc1CCC1CN(C(=O)O)C2CCCS(=O)(=O)N1C2. The molecule has 1 aromatic carbocycles. The summed E-state index contributed by atoms with van der Waals surface area (Å²) in [4.78, 5) is 12.9. The summed E-state index contributed by atoms with van der Waals surface area (Å²) in [6, 6.07) is 3.41. The molecule has 1 amide bonds. The summed E-state index contributed by atoms with van der Waals surface area (Å²) in [5.74, 6) is -0.375. The Hall–Kier alpha value is -1.87. The number of carboxylic acid groups (broad SMARTS) is 1. The van der Waals surface area contributed by atoms with Gasteiger partial charge in [0, 0.05) is 30.9 Å². The number of hydrogen-bond acceptors (Lipinski definition) is 4. The quantitative estimate of drug-likeness (QED) is 0.784. The number of amides is 1. The highest BCUT2D eigenvalue weighted by atomic mass is 32.2. The number of rotatable bonds is 3. The van der Waals surface area contributed by atoms with E-state index in [1.54, 1.807) is 6.07 Å². The summed E-state index contributed by atoms with van der Waals surface area (Å²) < 4.78 is 39.6. The van der Waals surface area contributed by atoms with Crippen LogP contribution in [0.5, 0.6) is 0 Å². The normalized spacial score (nSPS) is 28.4. The van der Waals surface area contributed by atoms with Crippen LogP contribution >= 0.6 is 0 Å². The van der Waals surface area contributed by atoms with Crippen molar-refractivity contribution in [2.45, 2.75) is 37.8 Å². The molecule has 2 fully saturated rings. The number of nitrogen functional groups attached to an aromatic ring is 1. The molecule has 2 heterocycles. The minimum atomic E-state index is -3.39. The van der Waals surface area contributed by atoms with Crippen molar-refractivity contribution in [3.63, 3.8) is 0 Å². The zero-order valence-corrected chi connectivity index (χ0v) is 14.6. The van der Waals surface area contributed by atoms with Crippen LogP contribution in [0.25, 0.3) is 0 Å². The highest BCUT2D eigenvalue weighted by molar-refractivity contribution is 7.89. The van der Waals surface area contributed by atoms with Crippen LogP contribution in [0.2, 0.25) is 0 Å². The van der Waals surface area contributed by atoms with E-state index in [0.29, 0.717) is 31.4 Å². The Morgan fingerprint density at radius 2 is 2.12 bits per heavy atom. The van der Waals surface area contributed by atoms with Crippen molar-refractivity contribution in [1.82, 2.24) is 9.21 Å². The minimum Gasteiger partial charge on any atom is -0.465 e. The van der Waals surface area contributed by atoms with Gasteiger partial charge < -0.3 is 15.7 Å². The van der Waals surface area contributed by atoms with Gasteiger partial charge >= 0.3 is 6.09 Å². The van der Waals surface area contributed by atoms with Crippen LogP contribution in [0.3, 0.4) is 0 Å². The summed E-state index contributed by atoms with van der Waals surface area (Å²) in [7, 11) is -3.39. The lowest BCUT2D eigenvalue weighted by molar-refractivity contribution is 0.0659. The van der Waals surface area contributed by atoms with Crippen LogP contribution in [0.1, 0.15) is 24.8 Å². The topological polar surface area (TPSA) is 104 Å². The number of benzene rings is 1. The Labute approximate surface area is 146 Å². The van der Waals surface area contributed by atoms with Crippen LogP contribution in [0.4, 0.5) is 14.9 Å². The molecule has 2 saturated heterocycles. The number of carbonyl (C=O) groups is 1. The predicted molar refractivity (Wildman–Crippen MR) is 91.2 cm³/mol. The van der Waals surface area contributed by atoms with Crippen molar-refractivity contribution < 1.29 is 22.7 Å². The highest BCUT2D eigenvalue weighted by Gasteiger charge is 2.43. The summed E-state index contributed by atoms with van der Waals surface area (Å²) >= 11 is 0. The van der Waals surface area contributed by atoms with E-state index in [-0.39, 0.29) is 24.9 Å². The van der Waals surface area contributed by atoms with Gasteiger partial charge in [-0.1, -0.05) is 6.07 Å². The van der Waals surface area contributed by atoms with Crippen LogP contribution in [-0.2, 0) is 16.4 Å². The van der Waals surface area contributed by atoms with E-state index < -0.39 is 28.0 Å². The second kappa shape index (κ2) is 6.80. The molecule has 3 rings (SSSR count). The van der Waals surface area contributed by atoms with Crippen molar-refractivity contribution in [2.24, 2.45) is 0 Å². The van der Waals surface area contributed by atoms with Gasteiger partial charge in [0.05, 0.1) is 5.75 Å². The first-order chi connectivity index (χ1) is 11.8. The molecule has 3 unspecified atom stereocenters. The smallest absolute Gasteiger partial charge is 0.407 e. The maximum atomic E-state index is 13.2. The molecule has 0 spiro atoms. The monoisotopic (exact) mass is 371 g/mol. The van der Waals surface area contributed by atoms with Crippen molar-refractivity contribution >= 4 is 21.8 Å². The number of fused-ring (bicyclic) bond motifs is 2. The average molecular weight is 371 g/mol. The maximum absolute atomic E-state index is 13.2. The number of hydrogen-bond donors (Lipinski definition) is 2. The van der Waals surface area contributed by atoms with Gasteiger partial charge in [-0.05, 0) is 43.4 Å². The molecule has 25 heavy (non-hydrogen) atoms. The van der Waals surface area contributed by atoms with Crippen molar-refractivity contribution in [2.75, 3.05) is 24.6 Å². The third-order valence-electron chi connectivity index (χ3n) is 5.04. The van der Waals surface area contributed by atoms with E-state index in [4.69, 9.17) is 5.73 Å². The molecule has 7 nitrogen and oxygen atoms in total. The molecule has 0 aromatic heterocycles. The van der Waals surface area contributed by atoms with Crippen LogP contribution in [-0.4, -0.2) is 59.7 Å². The van der Waals surface area contributed by atoms with E-state index in [0.717, 1.165) is 5.56 Å². The Morgan fingerprint density at radius 1 is 1.36 bits per heavy atom. The summed E-state index contributed by atoms with van der Waals surface area (Å²) in [5.41, 5.74) is 6.87. The standard InChI is InChI=1S/C16H22FN3O4S/c17-12-5-3-11(15(18)8-12)4-6-14-9-19(16(21)22)13-2-1-7-25(23,24)20(14)10-13/h3,5,8,13-14H,1-2,4,6-7,9-10,18H2,(H,21,22). The molecule has 3 N–H and O–H groups in total. The lowest BCUT2D eigenvalue weighted by atomic mass is 9.99. The molecule has 3 atom stereocenters. The fourth-order valence-electron chi connectivity index (χ4n) is 3.71. The van der Waals surface area contributed by atoms with Crippen LogP contribution in [0.15, 0.2) is 18.2 Å². The van der Waals surface area contributed by atoms with Gasteiger partial charge in [0.25, 0.3) is 0 Å². The first kappa shape index (κ1) is 17.9. The van der Waals surface area contributed by atoms with Gasteiger partial charge in [-0.15, -0.1) is 0 Å². The lowest BCUT2D eigenvalue weighted by Crippen LogP contribution is -2.60. The first-order valence-electron chi connectivity index (χ1n) is 8.31. The molecule has 9 heteroatoms. The number of piperazine rings is 1. The first-order valence-corrected chi connectivity index (χ1v) is 9.92. The molecular formula is C16H22FN3O4S. The Kier molecular flexibility index (Phi) is 4.88. The van der Waals surface area contributed by atoms with Gasteiger partial charge in [0.15, 0.2) is 0 Å².